The Bertz CT molecular complexity index is 2100. The van der Waals surface area contributed by atoms with Crippen molar-refractivity contribution in [3.8, 4) is 11.5 Å². The van der Waals surface area contributed by atoms with E-state index >= 15 is 0 Å². The van der Waals surface area contributed by atoms with Crippen LogP contribution in [0.1, 0.15) is 114 Å². The van der Waals surface area contributed by atoms with E-state index in [-0.39, 0.29) is 35.6 Å². The Hall–Kier alpha value is -4.18. The SMILES string of the molecule is COC(=O)C1CN(Cc2ccc3cc(O)ccc3c2)C1.COC(=O)C1CN(Cc2ccc3cc(OC4CCC(C5CCCC5)CC4)ccc3c2)C1.OC1CCC(C2CCCC2)CC1. The van der Waals surface area contributed by atoms with Gasteiger partial charge in [0.25, 0.3) is 0 Å². The number of carbonyl (C=O) groups is 2. The summed E-state index contributed by atoms with van der Waals surface area (Å²) >= 11 is 0. The average molecular weight is 861 g/mol. The van der Waals surface area contributed by atoms with E-state index in [4.69, 9.17) is 14.2 Å². The summed E-state index contributed by atoms with van der Waals surface area (Å²) in [6.45, 7) is 4.83. The van der Waals surface area contributed by atoms with Crippen LogP contribution in [0.4, 0.5) is 0 Å². The molecule has 0 spiro atoms. The van der Waals surface area contributed by atoms with Crippen LogP contribution in [0.5, 0.6) is 11.5 Å². The number of ether oxygens (including phenoxy) is 3. The zero-order chi connectivity index (χ0) is 43.7. The number of benzene rings is 4. The maximum atomic E-state index is 11.6. The fourth-order valence-corrected chi connectivity index (χ4v) is 11.7. The van der Waals surface area contributed by atoms with Crippen molar-refractivity contribution in [2.75, 3.05) is 40.4 Å². The lowest BCUT2D eigenvalue weighted by atomic mass is 9.78. The van der Waals surface area contributed by atoms with Gasteiger partial charge in [0.05, 0.1) is 38.3 Å². The fraction of sp³-hybridized carbons (Fsp3) is 0.593. The first-order valence-electron chi connectivity index (χ1n) is 24.4. The Morgan fingerprint density at radius 2 is 0.937 bits per heavy atom. The Morgan fingerprint density at radius 1 is 0.524 bits per heavy atom. The van der Waals surface area contributed by atoms with Crippen molar-refractivity contribution in [3.05, 3.63) is 83.9 Å². The topological polar surface area (TPSA) is 109 Å². The molecule has 10 rings (SSSR count). The van der Waals surface area contributed by atoms with Crippen LogP contribution in [0, 0.1) is 35.5 Å². The molecule has 6 fully saturated rings. The summed E-state index contributed by atoms with van der Waals surface area (Å²) in [6, 6.07) is 24.8. The van der Waals surface area contributed by atoms with E-state index in [1.165, 1.54) is 126 Å². The highest BCUT2D eigenvalue weighted by Gasteiger charge is 2.35. The van der Waals surface area contributed by atoms with Crippen molar-refractivity contribution < 1.29 is 34.0 Å². The Balaban J connectivity index is 0.000000145. The first-order chi connectivity index (χ1) is 30.7. The number of aromatic hydroxyl groups is 1. The number of fused-ring (bicyclic) bond motifs is 2. The van der Waals surface area contributed by atoms with Crippen LogP contribution in [-0.2, 0) is 32.2 Å². The summed E-state index contributed by atoms with van der Waals surface area (Å²) in [5.74, 6) is 5.10. The molecule has 4 aromatic carbocycles. The van der Waals surface area contributed by atoms with Crippen LogP contribution in [-0.4, -0.2) is 84.6 Å². The van der Waals surface area contributed by atoms with Gasteiger partial charge in [0, 0.05) is 39.3 Å². The van der Waals surface area contributed by atoms with Gasteiger partial charge in [-0.3, -0.25) is 19.4 Å². The van der Waals surface area contributed by atoms with Gasteiger partial charge < -0.3 is 24.4 Å². The van der Waals surface area contributed by atoms with Crippen molar-refractivity contribution in [3.63, 3.8) is 0 Å². The number of rotatable bonds is 10. The number of aliphatic hydroxyl groups is 1. The molecule has 0 atom stereocenters. The number of hydrogen-bond donors (Lipinski definition) is 2. The van der Waals surface area contributed by atoms with Crippen molar-refractivity contribution in [1.29, 1.82) is 0 Å². The van der Waals surface area contributed by atoms with Crippen molar-refractivity contribution in [2.24, 2.45) is 35.5 Å². The second kappa shape index (κ2) is 21.7. The minimum atomic E-state index is -0.116. The molecule has 0 aromatic heterocycles. The Kier molecular flexibility index (Phi) is 15.6. The monoisotopic (exact) mass is 861 g/mol. The molecule has 0 radical (unpaired) electrons. The Labute approximate surface area is 375 Å². The van der Waals surface area contributed by atoms with Crippen LogP contribution in [0.3, 0.4) is 0 Å². The van der Waals surface area contributed by atoms with E-state index in [0.717, 1.165) is 92.3 Å². The molecule has 6 aliphatic rings. The normalized spacial score (nSPS) is 25.0. The minimum Gasteiger partial charge on any atom is -0.508 e. The standard InChI is InChI=1S/C27H35NO3.C16H17NO3.C11H20O/c1-30-27(29)24-17-28(18-24)16-19-6-7-23-15-26(13-10-22(23)14-19)31-25-11-8-21(9-12-25)20-4-2-3-5-20;1-20-16(19)14-9-17(10-14)8-11-2-3-13-7-15(18)5-4-12(13)6-11;12-11-7-5-10(6-8-11)9-3-1-2-4-9/h6-7,10,13-15,20-21,24-25H,2-5,8-9,11-12,16-18H2,1H3;2-7,14,18H,8-10H2,1H3;9-12H,1-8H2. The maximum absolute atomic E-state index is 11.6. The van der Waals surface area contributed by atoms with Crippen LogP contribution in [0.15, 0.2) is 72.8 Å². The molecule has 9 heteroatoms. The van der Waals surface area contributed by atoms with E-state index in [0.29, 0.717) is 6.10 Å². The molecule has 340 valence electrons. The summed E-state index contributed by atoms with van der Waals surface area (Å²) in [5, 5.41) is 23.4. The second-order valence-electron chi connectivity index (χ2n) is 19.8. The number of phenolic OH excluding ortho intramolecular Hbond substituents is 1. The van der Waals surface area contributed by atoms with Gasteiger partial charge in [-0.05, 0) is 144 Å². The second-order valence-corrected chi connectivity index (χ2v) is 19.8. The lowest BCUT2D eigenvalue weighted by Crippen LogP contribution is -2.49. The molecular formula is C54H72N2O7. The summed E-state index contributed by atoms with van der Waals surface area (Å²) < 4.78 is 15.9. The van der Waals surface area contributed by atoms with Gasteiger partial charge in [0.2, 0.25) is 0 Å². The molecule has 0 unspecified atom stereocenters. The lowest BCUT2D eigenvalue weighted by molar-refractivity contribution is -0.152. The number of methoxy groups -OCH3 is 2. The summed E-state index contributed by atoms with van der Waals surface area (Å²) in [6.07, 6.45) is 22.0. The van der Waals surface area contributed by atoms with E-state index in [9.17, 15) is 19.8 Å². The number of esters is 2. The van der Waals surface area contributed by atoms with Crippen LogP contribution < -0.4 is 4.74 Å². The third kappa shape index (κ3) is 12.1. The lowest BCUT2D eigenvalue weighted by Gasteiger charge is -2.37. The average Bonchev–Trinajstić information content (AvgIpc) is 4.03. The largest absolute Gasteiger partial charge is 0.508 e. The fourth-order valence-electron chi connectivity index (χ4n) is 11.7. The van der Waals surface area contributed by atoms with Gasteiger partial charge in [-0.25, -0.2) is 0 Å². The third-order valence-electron chi connectivity index (χ3n) is 15.5. The summed E-state index contributed by atoms with van der Waals surface area (Å²) in [5.41, 5.74) is 2.50. The molecule has 2 saturated heterocycles. The molecule has 0 amide bonds. The number of nitrogens with zero attached hydrogens (tertiary/aromatic N) is 2. The predicted molar refractivity (Wildman–Crippen MR) is 249 cm³/mol. The van der Waals surface area contributed by atoms with Gasteiger partial charge in [-0.1, -0.05) is 87.8 Å². The molecule has 2 heterocycles. The molecule has 63 heavy (non-hydrogen) atoms. The van der Waals surface area contributed by atoms with E-state index in [2.05, 4.69) is 58.3 Å². The van der Waals surface area contributed by atoms with Gasteiger partial charge in [0.15, 0.2) is 0 Å². The van der Waals surface area contributed by atoms with Crippen LogP contribution in [0.2, 0.25) is 0 Å². The van der Waals surface area contributed by atoms with E-state index in [1.54, 1.807) is 12.1 Å². The van der Waals surface area contributed by atoms with Crippen LogP contribution >= 0.6 is 0 Å². The molecule has 4 saturated carbocycles. The number of likely N-dealkylation sites (tertiary alicyclic amines) is 2. The molecule has 4 aromatic rings. The first-order valence-corrected chi connectivity index (χ1v) is 24.4. The first kappa shape index (κ1) is 45.4. The van der Waals surface area contributed by atoms with Gasteiger partial charge in [-0.2, -0.15) is 0 Å². The molecule has 2 aliphatic heterocycles. The number of aliphatic hydroxyl groups excluding tert-OH is 1. The third-order valence-corrected chi connectivity index (χ3v) is 15.5. The Morgan fingerprint density at radius 3 is 1.43 bits per heavy atom. The quantitative estimate of drug-likeness (QED) is 0.151. The van der Waals surface area contributed by atoms with E-state index < -0.39 is 0 Å². The number of phenols is 1. The zero-order valence-electron chi connectivity index (χ0n) is 37.9. The highest BCUT2D eigenvalue weighted by atomic mass is 16.5. The molecule has 9 nitrogen and oxygen atoms in total. The van der Waals surface area contributed by atoms with Crippen molar-refractivity contribution in [1.82, 2.24) is 9.80 Å². The van der Waals surface area contributed by atoms with Gasteiger partial charge >= 0.3 is 11.9 Å². The van der Waals surface area contributed by atoms with Crippen molar-refractivity contribution >= 4 is 33.5 Å². The molecule has 4 aliphatic carbocycles. The van der Waals surface area contributed by atoms with E-state index in [1.807, 2.05) is 12.1 Å². The molecule has 0 bridgehead atoms. The van der Waals surface area contributed by atoms with Crippen molar-refractivity contribution in [2.45, 2.75) is 128 Å². The van der Waals surface area contributed by atoms with Gasteiger partial charge in [-0.15, -0.1) is 0 Å². The molecule has 2 N–H and O–H groups in total. The van der Waals surface area contributed by atoms with Crippen LogP contribution in [0.25, 0.3) is 21.5 Å². The van der Waals surface area contributed by atoms with Gasteiger partial charge in [0.1, 0.15) is 11.5 Å². The highest BCUT2D eigenvalue weighted by molar-refractivity contribution is 5.85. The molecular weight excluding hydrogens is 789 g/mol. The smallest absolute Gasteiger partial charge is 0.311 e. The summed E-state index contributed by atoms with van der Waals surface area (Å²) in [4.78, 5) is 27.4. The summed E-state index contributed by atoms with van der Waals surface area (Å²) in [7, 11) is 2.90. The number of carbonyl (C=O) groups excluding carboxylic acids is 2. The minimum absolute atomic E-state index is 0.0254. The predicted octanol–water partition coefficient (Wildman–Crippen LogP) is 10.5. The zero-order valence-corrected chi connectivity index (χ0v) is 37.9. The maximum Gasteiger partial charge on any atom is 0.311 e. The number of hydrogen-bond acceptors (Lipinski definition) is 9. The highest BCUT2D eigenvalue weighted by Crippen LogP contribution is 2.41.